The minimum atomic E-state index is 0.442. The van der Waals surface area contributed by atoms with Gasteiger partial charge in [0.1, 0.15) is 11.5 Å². The lowest BCUT2D eigenvalue weighted by molar-refractivity contribution is 0.399. The monoisotopic (exact) mass is 191 g/mol. The number of para-hydroxylation sites is 1. The van der Waals surface area contributed by atoms with Gasteiger partial charge in [-0.1, -0.05) is 12.1 Å². The van der Waals surface area contributed by atoms with Crippen LogP contribution in [0.4, 0.5) is 0 Å². The van der Waals surface area contributed by atoms with Crippen LogP contribution in [0.1, 0.15) is 12.5 Å². The highest BCUT2D eigenvalue weighted by atomic mass is 16.5. The molecule has 0 fully saturated rings. The molecule has 0 atom stereocenters. The normalized spacial score (nSPS) is 10.9. The second kappa shape index (κ2) is 5.07. The molecule has 1 aromatic carbocycles. The summed E-state index contributed by atoms with van der Waals surface area (Å²) in [4.78, 5) is 10.1. The summed E-state index contributed by atoms with van der Waals surface area (Å²) in [5.41, 5.74) is 0.737. The van der Waals surface area contributed by atoms with Crippen molar-refractivity contribution in [3.8, 4) is 5.75 Å². The van der Waals surface area contributed by atoms with Crippen molar-refractivity contribution in [1.82, 2.24) is 0 Å². The molecule has 0 saturated carbocycles. The molecule has 0 saturated heterocycles. The van der Waals surface area contributed by atoms with Crippen molar-refractivity contribution in [1.29, 1.82) is 0 Å². The maximum absolute atomic E-state index is 10.1. The fourth-order valence-corrected chi connectivity index (χ4v) is 1.16. The molecule has 3 nitrogen and oxygen atoms in total. The Kier molecular flexibility index (Phi) is 3.73. The lowest BCUT2D eigenvalue weighted by Crippen LogP contribution is -1.94. The molecular weight excluding hydrogens is 180 g/mol. The Bertz CT molecular complexity index is 342. The van der Waals surface area contributed by atoms with Gasteiger partial charge >= 0.3 is 6.47 Å². The molecule has 0 aromatic heterocycles. The average Bonchev–Trinajstić information content (AvgIpc) is 2.26. The number of benzene rings is 1. The van der Waals surface area contributed by atoms with Crippen molar-refractivity contribution in [3.05, 3.63) is 35.9 Å². The van der Waals surface area contributed by atoms with Gasteiger partial charge in [0.2, 0.25) is 0 Å². The van der Waals surface area contributed by atoms with Crippen LogP contribution in [0.25, 0.3) is 5.76 Å². The second-order valence-electron chi connectivity index (χ2n) is 2.54. The topological polar surface area (TPSA) is 35.5 Å². The van der Waals surface area contributed by atoms with E-state index in [1.54, 1.807) is 26.2 Å². The molecule has 14 heavy (non-hydrogen) atoms. The minimum Gasteiger partial charge on any atom is -0.496 e. The van der Waals surface area contributed by atoms with Crippen LogP contribution in [0.15, 0.2) is 30.3 Å². The molecule has 0 N–H and O–H groups in total. The first-order chi connectivity index (χ1) is 6.83. The van der Waals surface area contributed by atoms with Gasteiger partial charge in [0.05, 0.1) is 12.7 Å². The molecule has 0 heterocycles. The smallest absolute Gasteiger partial charge is 0.423 e. The molecule has 0 aliphatic heterocycles. The average molecular weight is 191 g/mol. The highest BCUT2D eigenvalue weighted by molar-refractivity contribution is 5.70. The zero-order valence-electron chi connectivity index (χ0n) is 8.11. The minimum absolute atomic E-state index is 0.442. The number of allylic oxidation sites excluding steroid dienone is 1. The number of ether oxygens (including phenoxy) is 2. The van der Waals surface area contributed by atoms with Gasteiger partial charge < -0.3 is 9.47 Å². The predicted octanol–water partition coefficient (Wildman–Crippen LogP) is 2.14. The van der Waals surface area contributed by atoms with Crippen LogP contribution in [0.5, 0.6) is 5.75 Å². The Labute approximate surface area is 83.0 Å². The summed E-state index contributed by atoms with van der Waals surface area (Å²) in [7, 11) is 1.57. The Balaban J connectivity index is 3.09. The van der Waals surface area contributed by atoms with Gasteiger partial charge in [0.15, 0.2) is 0 Å². The zero-order chi connectivity index (χ0) is 10.4. The fraction of sp³-hybridized carbons (Fsp3) is 0.182. The van der Waals surface area contributed by atoms with Crippen molar-refractivity contribution in [2.75, 3.05) is 7.11 Å². The SMILES string of the molecule is C/C=C(\O[C]=O)c1ccccc1OC. The molecule has 0 amide bonds. The molecule has 3 heteroatoms. The number of hydrogen-bond acceptors (Lipinski definition) is 3. The number of rotatable bonds is 4. The Hall–Kier alpha value is -1.77. The van der Waals surface area contributed by atoms with Gasteiger partial charge in [-0.05, 0) is 25.1 Å². The molecule has 1 aromatic rings. The van der Waals surface area contributed by atoms with Crippen LogP contribution in [0.3, 0.4) is 0 Å². The zero-order valence-corrected chi connectivity index (χ0v) is 8.11. The van der Waals surface area contributed by atoms with Crippen molar-refractivity contribution in [2.24, 2.45) is 0 Å². The van der Waals surface area contributed by atoms with E-state index in [1.807, 2.05) is 18.2 Å². The van der Waals surface area contributed by atoms with Crippen molar-refractivity contribution in [2.45, 2.75) is 6.92 Å². The first-order valence-electron chi connectivity index (χ1n) is 4.17. The maximum Gasteiger partial charge on any atom is 0.423 e. The highest BCUT2D eigenvalue weighted by Crippen LogP contribution is 2.25. The molecule has 0 unspecified atom stereocenters. The van der Waals surface area contributed by atoms with Crippen LogP contribution in [0.2, 0.25) is 0 Å². The quantitative estimate of drug-likeness (QED) is 0.684. The van der Waals surface area contributed by atoms with E-state index >= 15 is 0 Å². The van der Waals surface area contributed by atoms with Gasteiger partial charge in [-0.25, -0.2) is 4.79 Å². The lowest BCUT2D eigenvalue weighted by Gasteiger charge is -2.08. The molecule has 1 radical (unpaired) electrons. The summed E-state index contributed by atoms with van der Waals surface area (Å²) in [6.45, 7) is 3.17. The Morgan fingerprint density at radius 1 is 1.43 bits per heavy atom. The van der Waals surface area contributed by atoms with E-state index in [-0.39, 0.29) is 0 Å². The molecular formula is C11H11O3. The van der Waals surface area contributed by atoms with E-state index in [0.717, 1.165) is 5.56 Å². The van der Waals surface area contributed by atoms with Crippen LogP contribution >= 0.6 is 0 Å². The summed E-state index contributed by atoms with van der Waals surface area (Å²) in [5.74, 6) is 1.10. The molecule has 73 valence electrons. The number of hydrogen-bond donors (Lipinski definition) is 0. The third-order valence-corrected chi connectivity index (χ3v) is 1.79. The van der Waals surface area contributed by atoms with Crippen LogP contribution in [-0.2, 0) is 9.53 Å². The number of carbonyl (C=O) groups excluding carboxylic acids is 1. The van der Waals surface area contributed by atoms with E-state index in [9.17, 15) is 4.79 Å². The van der Waals surface area contributed by atoms with Crippen molar-refractivity contribution in [3.63, 3.8) is 0 Å². The van der Waals surface area contributed by atoms with E-state index < -0.39 is 0 Å². The molecule has 0 aliphatic rings. The van der Waals surface area contributed by atoms with Gasteiger partial charge in [-0.2, -0.15) is 0 Å². The van der Waals surface area contributed by atoms with E-state index in [0.29, 0.717) is 11.5 Å². The van der Waals surface area contributed by atoms with Gasteiger partial charge in [0, 0.05) is 0 Å². The van der Waals surface area contributed by atoms with Gasteiger partial charge in [-0.3, -0.25) is 0 Å². The van der Waals surface area contributed by atoms with Crippen molar-refractivity contribution < 1.29 is 14.3 Å². The number of methoxy groups -OCH3 is 1. The predicted molar refractivity (Wildman–Crippen MR) is 53.4 cm³/mol. The molecule has 0 aliphatic carbocycles. The molecule has 0 bridgehead atoms. The van der Waals surface area contributed by atoms with Crippen molar-refractivity contribution >= 4 is 12.2 Å². The van der Waals surface area contributed by atoms with Gasteiger partial charge in [-0.15, -0.1) is 0 Å². The van der Waals surface area contributed by atoms with Gasteiger partial charge in [0.25, 0.3) is 0 Å². The van der Waals surface area contributed by atoms with E-state index in [1.165, 1.54) is 6.47 Å². The lowest BCUT2D eigenvalue weighted by atomic mass is 10.1. The standard InChI is InChI=1S/C11H11O3/c1-3-10(14-8-12)9-6-4-5-7-11(9)13-2/h3-7H,1-2H3/b10-3-. The molecule has 1 rings (SSSR count). The Morgan fingerprint density at radius 3 is 2.71 bits per heavy atom. The largest absolute Gasteiger partial charge is 0.496 e. The third kappa shape index (κ3) is 2.13. The van der Waals surface area contributed by atoms with Crippen LogP contribution < -0.4 is 4.74 Å². The van der Waals surface area contributed by atoms with Crippen LogP contribution in [-0.4, -0.2) is 13.6 Å². The highest BCUT2D eigenvalue weighted by Gasteiger charge is 2.07. The first-order valence-corrected chi connectivity index (χ1v) is 4.17. The summed E-state index contributed by atoms with van der Waals surface area (Å²) in [6.07, 6.45) is 1.68. The first kappa shape index (κ1) is 10.3. The second-order valence-corrected chi connectivity index (χ2v) is 2.54. The molecule has 0 spiro atoms. The summed E-state index contributed by atoms with van der Waals surface area (Å²) in [6, 6.07) is 7.30. The fourth-order valence-electron chi connectivity index (χ4n) is 1.16. The van der Waals surface area contributed by atoms with Crippen LogP contribution in [0, 0.1) is 0 Å². The summed E-state index contributed by atoms with van der Waals surface area (Å²) >= 11 is 0. The van der Waals surface area contributed by atoms with E-state index in [4.69, 9.17) is 9.47 Å². The summed E-state index contributed by atoms with van der Waals surface area (Å²) < 4.78 is 9.82. The maximum atomic E-state index is 10.1. The Morgan fingerprint density at radius 2 is 2.14 bits per heavy atom. The third-order valence-electron chi connectivity index (χ3n) is 1.79. The summed E-state index contributed by atoms with van der Waals surface area (Å²) in [5, 5.41) is 0. The van der Waals surface area contributed by atoms with E-state index in [2.05, 4.69) is 0 Å².